The summed E-state index contributed by atoms with van der Waals surface area (Å²) in [7, 11) is 0. The van der Waals surface area contributed by atoms with Crippen LogP contribution in [0.4, 0.5) is 0 Å². The van der Waals surface area contributed by atoms with Gasteiger partial charge in [-0.25, -0.2) is 0 Å². The minimum Gasteiger partial charge on any atom is -0.370 e. The number of thioether (sulfide) groups is 1. The largest absolute Gasteiger partial charge is 0.370 e. The maximum Gasteiger partial charge on any atom is 0.185 e. The number of hydrogen-bond acceptors (Lipinski definition) is 4. The third kappa shape index (κ3) is 4.65. The van der Waals surface area contributed by atoms with E-state index in [1.54, 1.807) is 11.8 Å². The van der Waals surface area contributed by atoms with E-state index < -0.39 is 0 Å². The van der Waals surface area contributed by atoms with Crippen LogP contribution >= 0.6 is 47.1 Å². The van der Waals surface area contributed by atoms with E-state index in [2.05, 4.69) is 51.9 Å². The fraction of sp³-hybridized carbons (Fsp3) is 0.353. The summed E-state index contributed by atoms with van der Waals surface area (Å²) in [5.41, 5.74) is 13.8. The van der Waals surface area contributed by atoms with Crippen LogP contribution in [-0.2, 0) is 13.0 Å². The molecule has 130 valence electrons. The molecule has 4 N–H and O–H groups in total. The van der Waals surface area contributed by atoms with Gasteiger partial charge >= 0.3 is 0 Å². The average molecular weight is 474 g/mol. The molecule has 0 aliphatic carbocycles. The lowest BCUT2D eigenvalue weighted by Gasteiger charge is -2.34. The van der Waals surface area contributed by atoms with Gasteiger partial charge in [-0.15, -0.1) is 47.1 Å². The third-order valence-electron chi connectivity index (χ3n) is 4.23. The first-order valence-electron chi connectivity index (χ1n) is 7.66. The van der Waals surface area contributed by atoms with Gasteiger partial charge in [0.2, 0.25) is 0 Å². The van der Waals surface area contributed by atoms with E-state index in [1.807, 2.05) is 11.3 Å². The molecule has 0 saturated heterocycles. The number of nitrogens with zero attached hydrogens (tertiary/aromatic N) is 2. The molecule has 1 unspecified atom stereocenters. The third-order valence-corrected chi connectivity index (χ3v) is 5.99. The Kier molecular flexibility index (Phi) is 7.39. The van der Waals surface area contributed by atoms with Crippen LogP contribution in [-0.4, -0.2) is 30.2 Å². The minimum absolute atomic E-state index is 0. The highest BCUT2D eigenvalue weighted by Crippen LogP contribution is 2.31. The number of halogens is 1. The Morgan fingerprint density at radius 3 is 2.71 bits per heavy atom. The van der Waals surface area contributed by atoms with Gasteiger partial charge in [0, 0.05) is 22.9 Å². The number of guanidine groups is 1. The predicted octanol–water partition coefficient (Wildman–Crippen LogP) is 3.46. The Hall–Kier alpha value is -0.770. The van der Waals surface area contributed by atoms with E-state index in [1.165, 1.54) is 20.9 Å². The summed E-state index contributed by atoms with van der Waals surface area (Å²) in [5, 5.41) is 2.19. The molecule has 0 fully saturated rings. The van der Waals surface area contributed by atoms with Gasteiger partial charge in [0.25, 0.3) is 0 Å². The average Bonchev–Trinajstić information content (AvgIpc) is 3.03. The van der Waals surface area contributed by atoms with Crippen molar-refractivity contribution in [1.82, 2.24) is 4.90 Å². The second-order valence-corrected chi connectivity index (χ2v) is 7.52. The van der Waals surface area contributed by atoms with E-state index in [4.69, 9.17) is 11.5 Å². The monoisotopic (exact) mass is 474 g/mol. The Bertz CT molecular complexity index is 680. The van der Waals surface area contributed by atoms with Crippen molar-refractivity contribution in [3.05, 3.63) is 51.7 Å². The SMILES string of the molecule is CSc1ccc(C(CN=C(N)N)N2CCc3sccc3C2)cc1.I. The van der Waals surface area contributed by atoms with Crippen molar-refractivity contribution in [1.29, 1.82) is 0 Å². The summed E-state index contributed by atoms with van der Waals surface area (Å²) in [6.07, 6.45) is 3.20. The minimum atomic E-state index is 0. The number of fused-ring (bicyclic) bond motifs is 1. The van der Waals surface area contributed by atoms with Crippen molar-refractivity contribution >= 4 is 53.0 Å². The smallest absolute Gasteiger partial charge is 0.185 e. The zero-order valence-corrected chi connectivity index (χ0v) is 17.6. The van der Waals surface area contributed by atoms with Crippen molar-refractivity contribution < 1.29 is 0 Å². The Balaban J connectivity index is 0.00000208. The zero-order valence-electron chi connectivity index (χ0n) is 13.6. The van der Waals surface area contributed by atoms with Gasteiger partial charge in [0.15, 0.2) is 5.96 Å². The van der Waals surface area contributed by atoms with Crippen molar-refractivity contribution in [2.75, 3.05) is 19.3 Å². The molecular formula is C17H23IN4S2. The lowest BCUT2D eigenvalue weighted by Crippen LogP contribution is -2.36. The van der Waals surface area contributed by atoms with Crippen molar-refractivity contribution in [2.24, 2.45) is 16.5 Å². The molecule has 2 aromatic rings. The molecule has 7 heteroatoms. The number of rotatable bonds is 5. The molecule has 0 saturated carbocycles. The Morgan fingerprint density at radius 1 is 1.29 bits per heavy atom. The van der Waals surface area contributed by atoms with Crippen LogP contribution in [0.3, 0.4) is 0 Å². The first kappa shape index (κ1) is 19.6. The molecule has 3 rings (SSSR count). The molecule has 1 atom stereocenters. The van der Waals surface area contributed by atoms with Crippen molar-refractivity contribution in [3.63, 3.8) is 0 Å². The van der Waals surface area contributed by atoms with E-state index in [-0.39, 0.29) is 36.0 Å². The van der Waals surface area contributed by atoms with Gasteiger partial charge in [0.05, 0.1) is 12.6 Å². The van der Waals surface area contributed by atoms with Crippen LogP contribution in [0.25, 0.3) is 0 Å². The van der Waals surface area contributed by atoms with Crippen molar-refractivity contribution in [3.8, 4) is 0 Å². The van der Waals surface area contributed by atoms with Crippen LogP contribution in [0.15, 0.2) is 45.6 Å². The first-order chi connectivity index (χ1) is 11.2. The number of thiophene rings is 1. The standard InChI is InChI=1S/C17H22N4S2.HI/c1-22-14-4-2-12(3-5-14)15(10-20-17(18)19)21-8-6-16-13(11-21)7-9-23-16;/h2-5,7,9,15H,6,8,10-11H2,1H3,(H4,18,19,20);1H. The molecule has 0 bridgehead atoms. The van der Waals surface area contributed by atoms with Crippen LogP contribution in [0.5, 0.6) is 0 Å². The van der Waals surface area contributed by atoms with Gasteiger partial charge < -0.3 is 11.5 Å². The molecule has 24 heavy (non-hydrogen) atoms. The van der Waals surface area contributed by atoms with Crippen LogP contribution in [0.1, 0.15) is 22.0 Å². The van der Waals surface area contributed by atoms with Gasteiger partial charge in [-0.2, -0.15) is 0 Å². The first-order valence-corrected chi connectivity index (χ1v) is 9.76. The highest BCUT2D eigenvalue weighted by atomic mass is 127. The normalized spacial score (nSPS) is 15.2. The maximum atomic E-state index is 5.56. The lowest BCUT2D eigenvalue weighted by molar-refractivity contribution is 0.185. The number of nitrogens with two attached hydrogens (primary N) is 2. The fourth-order valence-corrected chi connectivity index (χ4v) is 4.28. The van der Waals surface area contributed by atoms with Gasteiger partial charge in [-0.1, -0.05) is 12.1 Å². The quantitative estimate of drug-likeness (QED) is 0.302. The molecule has 4 nitrogen and oxygen atoms in total. The summed E-state index contributed by atoms with van der Waals surface area (Å²) in [6, 6.07) is 11.2. The molecule has 0 amide bonds. The Labute approximate surface area is 168 Å². The van der Waals surface area contributed by atoms with Gasteiger partial charge in [0.1, 0.15) is 0 Å². The summed E-state index contributed by atoms with van der Waals surface area (Å²) >= 11 is 3.62. The van der Waals surface area contributed by atoms with Crippen LogP contribution in [0.2, 0.25) is 0 Å². The second-order valence-electron chi connectivity index (χ2n) is 5.64. The van der Waals surface area contributed by atoms with E-state index in [0.29, 0.717) is 6.54 Å². The molecule has 1 aliphatic rings. The van der Waals surface area contributed by atoms with E-state index >= 15 is 0 Å². The summed E-state index contributed by atoms with van der Waals surface area (Å²) in [4.78, 5) is 9.56. The van der Waals surface area contributed by atoms with E-state index in [9.17, 15) is 0 Å². The molecular weight excluding hydrogens is 451 g/mol. The summed E-state index contributed by atoms with van der Waals surface area (Å²) in [6.45, 7) is 2.61. The fourth-order valence-electron chi connectivity index (χ4n) is 2.99. The van der Waals surface area contributed by atoms with Crippen molar-refractivity contribution in [2.45, 2.75) is 23.9 Å². The zero-order chi connectivity index (χ0) is 16.2. The molecule has 1 aromatic heterocycles. The second kappa shape index (κ2) is 9.07. The van der Waals surface area contributed by atoms with Gasteiger partial charge in [-0.3, -0.25) is 9.89 Å². The van der Waals surface area contributed by atoms with E-state index in [0.717, 1.165) is 19.5 Å². The lowest BCUT2D eigenvalue weighted by atomic mass is 10.0. The topological polar surface area (TPSA) is 67.6 Å². The molecule has 2 heterocycles. The number of aliphatic imine (C=N–C) groups is 1. The predicted molar refractivity (Wildman–Crippen MR) is 115 cm³/mol. The number of benzene rings is 1. The van der Waals surface area contributed by atoms with Gasteiger partial charge in [-0.05, 0) is 47.4 Å². The maximum absolute atomic E-state index is 5.56. The highest BCUT2D eigenvalue weighted by Gasteiger charge is 2.25. The van der Waals surface area contributed by atoms with Crippen LogP contribution < -0.4 is 11.5 Å². The highest BCUT2D eigenvalue weighted by molar-refractivity contribution is 14.0. The van der Waals surface area contributed by atoms with Crippen LogP contribution in [0, 0.1) is 0 Å². The molecule has 0 spiro atoms. The number of hydrogen-bond donors (Lipinski definition) is 2. The molecule has 0 radical (unpaired) electrons. The molecule has 1 aliphatic heterocycles. The molecule has 1 aromatic carbocycles. The summed E-state index contributed by atoms with van der Waals surface area (Å²) < 4.78 is 0. The summed E-state index contributed by atoms with van der Waals surface area (Å²) in [5.74, 6) is 0.156. The Morgan fingerprint density at radius 2 is 2.04 bits per heavy atom.